The second-order valence-corrected chi connectivity index (χ2v) is 9.88. The van der Waals surface area contributed by atoms with Crippen LogP contribution in [0.4, 0.5) is 11.4 Å². The van der Waals surface area contributed by atoms with Crippen molar-refractivity contribution in [2.75, 3.05) is 4.90 Å². The summed E-state index contributed by atoms with van der Waals surface area (Å²) in [5, 5.41) is 2.83. The Labute approximate surface area is 192 Å². The first kappa shape index (κ1) is 18.2. The van der Waals surface area contributed by atoms with Gasteiger partial charge in [-0.1, -0.05) is 85.0 Å². The predicted octanol–water partition coefficient (Wildman–Crippen LogP) is 6.40. The predicted molar refractivity (Wildman–Crippen MR) is 137 cm³/mol. The first-order chi connectivity index (χ1) is 15.9. The lowest BCUT2D eigenvalue weighted by Crippen LogP contribution is -2.28. The summed E-state index contributed by atoms with van der Waals surface area (Å²) in [7, 11) is 0. The number of benzene rings is 3. The molecule has 0 saturated carbocycles. The van der Waals surface area contributed by atoms with Crippen LogP contribution in [-0.4, -0.2) is 6.04 Å². The lowest BCUT2D eigenvalue weighted by molar-refractivity contribution is 0.745. The quantitative estimate of drug-likeness (QED) is 0.356. The maximum Gasteiger partial charge on any atom is 0.0629 e. The van der Waals surface area contributed by atoms with Gasteiger partial charge in [0.15, 0.2) is 0 Å². The van der Waals surface area contributed by atoms with Gasteiger partial charge in [0.2, 0.25) is 0 Å². The molecule has 0 N–H and O–H groups in total. The van der Waals surface area contributed by atoms with E-state index in [-0.39, 0.29) is 0 Å². The van der Waals surface area contributed by atoms with Crippen molar-refractivity contribution in [3.63, 3.8) is 0 Å². The van der Waals surface area contributed by atoms with E-state index in [1.165, 1.54) is 47.9 Å². The van der Waals surface area contributed by atoms with E-state index in [1.54, 1.807) is 0 Å². The normalized spacial score (nSPS) is 20.8. The van der Waals surface area contributed by atoms with Gasteiger partial charge in [0, 0.05) is 31.9 Å². The molecule has 32 heavy (non-hydrogen) atoms. The number of hydrogen-bond acceptors (Lipinski definition) is 2. The summed E-state index contributed by atoms with van der Waals surface area (Å²) in [6.45, 7) is 0. The summed E-state index contributed by atoms with van der Waals surface area (Å²) in [6.07, 6.45) is 13.8. The van der Waals surface area contributed by atoms with Crippen LogP contribution in [0.15, 0.2) is 97.1 Å². The van der Waals surface area contributed by atoms with Crippen molar-refractivity contribution < 1.29 is 0 Å². The Hall–Kier alpha value is -3.36. The SMILES string of the molecule is C1=CC2c3ccccc3N(c3ccc4c5c(sc4c3)=C(c3ccccc3)CCC=5)C2C=C1. The zero-order valence-electron chi connectivity index (χ0n) is 17.7. The van der Waals surface area contributed by atoms with E-state index in [9.17, 15) is 0 Å². The van der Waals surface area contributed by atoms with Crippen LogP contribution in [0, 0.1) is 0 Å². The van der Waals surface area contributed by atoms with E-state index in [1.807, 2.05) is 11.3 Å². The van der Waals surface area contributed by atoms with Crippen LogP contribution in [0.5, 0.6) is 0 Å². The Morgan fingerprint density at radius 1 is 0.844 bits per heavy atom. The third-order valence-electron chi connectivity index (χ3n) is 7.09. The molecule has 3 aromatic carbocycles. The van der Waals surface area contributed by atoms with Gasteiger partial charge in [-0.05, 0) is 53.0 Å². The Bertz CT molecular complexity index is 1540. The van der Waals surface area contributed by atoms with Crippen molar-refractivity contribution >= 4 is 44.4 Å². The van der Waals surface area contributed by atoms with Crippen LogP contribution in [0.25, 0.3) is 21.7 Å². The van der Waals surface area contributed by atoms with Crippen LogP contribution < -0.4 is 14.7 Å². The van der Waals surface area contributed by atoms with Crippen molar-refractivity contribution in [3.05, 3.63) is 118 Å². The highest BCUT2D eigenvalue weighted by molar-refractivity contribution is 7.17. The van der Waals surface area contributed by atoms with Crippen LogP contribution >= 0.6 is 11.3 Å². The van der Waals surface area contributed by atoms with E-state index in [0.29, 0.717) is 12.0 Å². The average Bonchev–Trinajstić information content (AvgIpc) is 3.40. The van der Waals surface area contributed by atoms with Crippen molar-refractivity contribution in [1.82, 2.24) is 0 Å². The Kier molecular flexibility index (Phi) is 4.03. The van der Waals surface area contributed by atoms with Gasteiger partial charge < -0.3 is 4.90 Å². The molecule has 1 aromatic heterocycles. The molecule has 7 rings (SSSR count). The average molecular weight is 430 g/mol. The number of thiophene rings is 1. The fraction of sp³-hybridized carbons (Fsp3) is 0.133. The third kappa shape index (κ3) is 2.63. The highest BCUT2D eigenvalue weighted by atomic mass is 32.1. The van der Waals surface area contributed by atoms with Gasteiger partial charge in [0.1, 0.15) is 0 Å². The number of allylic oxidation sites excluding steroid dienone is 2. The topological polar surface area (TPSA) is 3.24 Å². The van der Waals surface area contributed by atoms with Gasteiger partial charge in [0.05, 0.1) is 6.04 Å². The van der Waals surface area contributed by atoms with Crippen LogP contribution in [0.1, 0.15) is 29.9 Å². The van der Waals surface area contributed by atoms with Crippen molar-refractivity contribution in [2.45, 2.75) is 24.8 Å². The maximum atomic E-state index is 2.53. The molecule has 0 bridgehead atoms. The zero-order chi connectivity index (χ0) is 21.1. The molecule has 0 radical (unpaired) electrons. The third-order valence-corrected chi connectivity index (χ3v) is 8.32. The van der Waals surface area contributed by atoms with Crippen molar-refractivity contribution in [1.29, 1.82) is 0 Å². The minimum atomic E-state index is 0.349. The molecule has 2 heterocycles. The molecular weight excluding hydrogens is 406 g/mol. The molecule has 0 fully saturated rings. The van der Waals surface area contributed by atoms with E-state index in [4.69, 9.17) is 0 Å². The molecular formula is C30H23NS. The first-order valence-corrected chi connectivity index (χ1v) is 12.2. The molecule has 1 nitrogen and oxygen atoms in total. The van der Waals surface area contributed by atoms with Crippen LogP contribution in [0.3, 0.4) is 0 Å². The van der Waals surface area contributed by atoms with Crippen molar-refractivity contribution in [3.8, 4) is 0 Å². The van der Waals surface area contributed by atoms with Gasteiger partial charge >= 0.3 is 0 Å². The molecule has 2 unspecified atom stereocenters. The fourth-order valence-electron chi connectivity index (χ4n) is 5.66. The molecule has 154 valence electrons. The van der Waals surface area contributed by atoms with Gasteiger partial charge in [-0.3, -0.25) is 0 Å². The summed E-state index contributed by atoms with van der Waals surface area (Å²) in [5.41, 5.74) is 6.92. The number of nitrogens with zero attached hydrogens (tertiary/aromatic N) is 1. The van der Waals surface area contributed by atoms with Gasteiger partial charge in [-0.25, -0.2) is 0 Å². The van der Waals surface area contributed by atoms with Gasteiger partial charge in [-0.2, -0.15) is 0 Å². The largest absolute Gasteiger partial charge is 0.333 e. The van der Waals surface area contributed by atoms with E-state index in [2.05, 4.69) is 108 Å². The highest BCUT2D eigenvalue weighted by Crippen LogP contribution is 2.47. The molecule has 3 aliphatic rings. The van der Waals surface area contributed by atoms with E-state index in [0.717, 1.165) is 12.8 Å². The lowest BCUT2D eigenvalue weighted by Gasteiger charge is -2.28. The molecule has 0 spiro atoms. The monoisotopic (exact) mass is 429 g/mol. The number of rotatable bonds is 2. The smallest absolute Gasteiger partial charge is 0.0629 e. The minimum absolute atomic E-state index is 0.349. The zero-order valence-corrected chi connectivity index (χ0v) is 18.6. The van der Waals surface area contributed by atoms with E-state index < -0.39 is 0 Å². The summed E-state index contributed by atoms with van der Waals surface area (Å²) < 4.78 is 2.84. The number of para-hydroxylation sites is 1. The molecule has 1 aliphatic heterocycles. The second-order valence-electron chi connectivity index (χ2n) is 8.83. The summed E-state index contributed by atoms with van der Waals surface area (Å²) >= 11 is 1.96. The summed E-state index contributed by atoms with van der Waals surface area (Å²) in [6, 6.07) is 27.2. The van der Waals surface area contributed by atoms with Crippen molar-refractivity contribution in [2.24, 2.45) is 0 Å². The summed E-state index contributed by atoms with van der Waals surface area (Å²) in [5.74, 6) is 0.426. The molecule has 0 amide bonds. The number of fused-ring (bicyclic) bond motifs is 6. The molecule has 2 atom stereocenters. The standard InChI is InChI=1S/C30H23NS/c1-2-9-20(10-3-1)22-13-8-14-26-25-18-17-21(19-29(25)32-30(22)26)31-27-15-6-4-11-23(27)24-12-5-7-16-28(24)31/h1-7,9-12,14-19,23,27H,8,13H2. The minimum Gasteiger partial charge on any atom is -0.333 e. The van der Waals surface area contributed by atoms with Crippen LogP contribution in [-0.2, 0) is 0 Å². The molecule has 2 aliphatic carbocycles. The Balaban J connectivity index is 1.43. The molecule has 0 saturated heterocycles. The maximum absolute atomic E-state index is 2.53. The fourth-order valence-corrected chi connectivity index (χ4v) is 7.00. The Morgan fingerprint density at radius 3 is 2.62 bits per heavy atom. The second kappa shape index (κ2) is 7.08. The van der Waals surface area contributed by atoms with Gasteiger partial charge in [-0.15, -0.1) is 11.3 Å². The van der Waals surface area contributed by atoms with E-state index >= 15 is 0 Å². The lowest BCUT2D eigenvalue weighted by atomic mass is 9.91. The first-order valence-electron chi connectivity index (χ1n) is 11.4. The number of anilines is 2. The molecule has 4 aromatic rings. The number of hydrogen-bond donors (Lipinski definition) is 0. The van der Waals surface area contributed by atoms with Gasteiger partial charge in [0.25, 0.3) is 0 Å². The molecule has 2 heteroatoms. The van der Waals surface area contributed by atoms with Crippen LogP contribution in [0.2, 0.25) is 0 Å². The highest BCUT2D eigenvalue weighted by Gasteiger charge is 2.37. The summed E-state index contributed by atoms with van der Waals surface area (Å²) in [4.78, 5) is 2.53. The Morgan fingerprint density at radius 2 is 1.69 bits per heavy atom.